The SMILES string of the molecule is CSc1cc(C)[nH]c(=O)c1CN1CCc2cc3c(c(C)c2C1=O)OC(C)O3. The molecule has 7 heteroatoms. The van der Waals surface area contributed by atoms with E-state index in [1.165, 1.54) is 11.8 Å². The first kappa shape index (κ1) is 18.0. The number of benzene rings is 1. The zero-order valence-electron chi connectivity index (χ0n) is 15.8. The Morgan fingerprint density at radius 3 is 2.78 bits per heavy atom. The molecule has 0 bridgehead atoms. The first-order valence-corrected chi connectivity index (χ1v) is 10.2. The average molecular weight is 386 g/mol. The Kier molecular flexibility index (Phi) is 4.42. The van der Waals surface area contributed by atoms with Gasteiger partial charge in [0, 0.05) is 35.2 Å². The first-order chi connectivity index (χ1) is 12.9. The number of thioether (sulfide) groups is 1. The fourth-order valence-electron chi connectivity index (χ4n) is 3.81. The fraction of sp³-hybridized carbons (Fsp3) is 0.400. The van der Waals surface area contributed by atoms with Crippen LogP contribution in [0.25, 0.3) is 0 Å². The minimum atomic E-state index is -0.344. The van der Waals surface area contributed by atoms with Crippen molar-refractivity contribution in [3.8, 4) is 11.5 Å². The molecule has 6 nitrogen and oxygen atoms in total. The number of fused-ring (bicyclic) bond motifs is 2. The first-order valence-electron chi connectivity index (χ1n) is 8.95. The standard InChI is InChI=1S/C20H22N2O4S/c1-10-7-16(27-4)14(19(23)21-10)9-22-6-5-13-8-15-18(26-12(3)25-15)11(2)17(13)20(22)24/h7-8,12H,5-6,9H2,1-4H3,(H,21,23). The Labute approximate surface area is 161 Å². The van der Waals surface area contributed by atoms with Gasteiger partial charge in [0.25, 0.3) is 11.5 Å². The lowest BCUT2D eigenvalue weighted by Crippen LogP contribution is -2.39. The van der Waals surface area contributed by atoms with E-state index in [2.05, 4.69) is 4.98 Å². The number of hydrogen-bond donors (Lipinski definition) is 1. The highest BCUT2D eigenvalue weighted by atomic mass is 32.2. The fourth-order valence-corrected chi connectivity index (χ4v) is 4.51. The quantitative estimate of drug-likeness (QED) is 0.821. The number of carbonyl (C=O) groups is 1. The van der Waals surface area contributed by atoms with Crippen LogP contribution in [0.15, 0.2) is 21.8 Å². The predicted molar refractivity (Wildman–Crippen MR) is 104 cm³/mol. The number of rotatable bonds is 3. The van der Waals surface area contributed by atoms with E-state index in [1.807, 2.05) is 39.2 Å². The number of aromatic nitrogens is 1. The average Bonchev–Trinajstić information content (AvgIpc) is 2.99. The molecule has 0 fully saturated rings. The van der Waals surface area contributed by atoms with Crippen LogP contribution in [0.4, 0.5) is 0 Å². The number of aromatic amines is 1. The van der Waals surface area contributed by atoms with Crippen molar-refractivity contribution in [3.05, 3.63) is 50.4 Å². The van der Waals surface area contributed by atoms with E-state index in [4.69, 9.17) is 9.47 Å². The van der Waals surface area contributed by atoms with Crippen LogP contribution in [0.3, 0.4) is 0 Å². The lowest BCUT2D eigenvalue weighted by atomic mass is 9.93. The van der Waals surface area contributed by atoms with Crippen LogP contribution in [0, 0.1) is 13.8 Å². The number of H-pyrrole nitrogens is 1. The summed E-state index contributed by atoms with van der Waals surface area (Å²) in [6, 6.07) is 3.87. The van der Waals surface area contributed by atoms with Gasteiger partial charge < -0.3 is 19.4 Å². The van der Waals surface area contributed by atoms with Gasteiger partial charge in [0.2, 0.25) is 6.29 Å². The van der Waals surface area contributed by atoms with E-state index in [1.54, 1.807) is 4.90 Å². The molecular formula is C20H22N2O4S. The number of nitrogens with one attached hydrogen (secondary N) is 1. The van der Waals surface area contributed by atoms with Crippen LogP contribution in [-0.2, 0) is 13.0 Å². The summed E-state index contributed by atoms with van der Waals surface area (Å²) in [4.78, 5) is 31.2. The van der Waals surface area contributed by atoms with Gasteiger partial charge in [0.05, 0.1) is 12.1 Å². The van der Waals surface area contributed by atoms with Crippen LogP contribution in [0.5, 0.6) is 11.5 Å². The minimum Gasteiger partial charge on any atom is -0.451 e. The summed E-state index contributed by atoms with van der Waals surface area (Å²) in [6.07, 6.45) is 2.33. The van der Waals surface area contributed by atoms with Crippen molar-refractivity contribution in [2.75, 3.05) is 12.8 Å². The molecule has 1 aromatic heterocycles. The highest BCUT2D eigenvalue weighted by Crippen LogP contribution is 2.42. The maximum atomic E-state index is 13.2. The van der Waals surface area contributed by atoms with E-state index in [0.29, 0.717) is 35.7 Å². The Bertz CT molecular complexity index is 998. The largest absolute Gasteiger partial charge is 0.451 e. The molecule has 0 aliphatic carbocycles. The van der Waals surface area contributed by atoms with Crippen LogP contribution < -0.4 is 15.0 Å². The van der Waals surface area contributed by atoms with E-state index in [9.17, 15) is 9.59 Å². The Balaban J connectivity index is 1.70. The van der Waals surface area contributed by atoms with Crippen LogP contribution in [0.2, 0.25) is 0 Å². The van der Waals surface area contributed by atoms with E-state index < -0.39 is 0 Å². The van der Waals surface area contributed by atoms with E-state index in [0.717, 1.165) is 28.1 Å². The lowest BCUT2D eigenvalue weighted by Gasteiger charge is -2.30. The number of carbonyl (C=O) groups excluding carboxylic acids is 1. The summed E-state index contributed by atoms with van der Waals surface area (Å²) in [7, 11) is 0. The molecule has 1 amide bonds. The van der Waals surface area contributed by atoms with Gasteiger partial charge in [0.15, 0.2) is 11.5 Å². The van der Waals surface area contributed by atoms with Gasteiger partial charge in [-0.25, -0.2) is 0 Å². The molecule has 1 atom stereocenters. The topological polar surface area (TPSA) is 71.6 Å². The van der Waals surface area contributed by atoms with Crippen molar-refractivity contribution < 1.29 is 14.3 Å². The van der Waals surface area contributed by atoms with Gasteiger partial charge in [-0.15, -0.1) is 11.8 Å². The molecule has 1 unspecified atom stereocenters. The summed E-state index contributed by atoms with van der Waals surface area (Å²) in [5.74, 6) is 1.29. The number of aryl methyl sites for hydroxylation is 1. The van der Waals surface area contributed by atoms with E-state index >= 15 is 0 Å². The summed E-state index contributed by atoms with van der Waals surface area (Å²) in [5, 5.41) is 0. The molecule has 2 aliphatic rings. The van der Waals surface area contributed by atoms with Crippen molar-refractivity contribution >= 4 is 17.7 Å². The molecule has 142 valence electrons. The monoisotopic (exact) mass is 386 g/mol. The highest BCUT2D eigenvalue weighted by Gasteiger charge is 2.33. The van der Waals surface area contributed by atoms with Gasteiger partial charge in [-0.3, -0.25) is 9.59 Å². The molecule has 4 rings (SSSR count). The molecule has 2 aromatic rings. The minimum absolute atomic E-state index is 0.0632. The third kappa shape index (κ3) is 3.00. The summed E-state index contributed by atoms with van der Waals surface area (Å²) in [6.45, 7) is 6.46. The Morgan fingerprint density at radius 2 is 2.04 bits per heavy atom. The van der Waals surface area contributed by atoms with Crippen molar-refractivity contribution in [2.24, 2.45) is 0 Å². The van der Waals surface area contributed by atoms with Gasteiger partial charge in [-0.1, -0.05) is 0 Å². The summed E-state index contributed by atoms with van der Waals surface area (Å²) < 4.78 is 11.4. The summed E-state index contributed by atoms with van der Waals surface area (Å²) >= 11 is 1.52. The Morgan fingerprint density at radius 1 is 1.26 bits per heavy atom. The number of pyridine rings is 1. The molecule has 0 spiro atoms. The van der Waals surface area contributed by atoms with Crippen molar-refractivity contribution in [3.63, 3.8) is 0 Å². The third-order valence-electron chi connectivity index (χ3n) is 5.09. The van der Waals surface area contributed by atoms with E-state index in [-0.39, 0.29) is 17.8 Å². The van der Waals surface area contributed by atoms with Crippen molar-refractivity contribution in [1.29, 1.82) is 0 Å². The molecule has 27 heavy (non-hydrogen) atoms. The van der Waals surface area contributed by atoms with Gasteiger partial charge in [-0.05, 0) is 44.2 Å². The highest BCUT2D eigenvalue weighted by molar-refractivity contribution is 7.98. The normalized spacial score (nSPS) is 18.0. The summed E-state index contributed by atoms with van der Waals surface area (Å²) in [5.41, 5.74) is 3.79. The lowest BCUT2D eigenvalue weighted by molar-refractivity contribution is 0.0670. The number of nitrogens with zero attached hydrogens (tertiary/aromatic N) is 1. The maximum Gasteiger partial charge on any atom is 0.254 e. The zero-order chi connectivity index (χ0) is 19.3. The van der Waals surface area contributed by atoms with Crippen LogP contribution >= 0.6 is 11.8 Å². The Hall–Kier alpha value is -2.41. The van der Waals surface area contributed by atoms with Crippen LogP contribution in [-0.4, -0.2) is 34.9 Å². The molecule has 3 heterocycles. The molecule has 1 aromatic carbocycles. The number of ether oxygens (including phenoxy) is 2. The smallest absolute Gasteiger partial charge is 0.254 e. The molecule has 0 radical (unpaired) electrons. The van der Waals surface area contributed by atoms with Crippen molar-refractivity contribution in [1.82, 2.24) is 9.88 Å². The van der Waals surface area contributed by atoms with Gasteiger partial charge >= 0.3 is 0 Å². The third-order valence-corrected chi connectivity index (χ3v) is 5.90. The molecule has 1 N–H and O–H groups in total. The van der Waals surface area contributed by atoms with Crippen molar-refractivity contribution in [2.45, 2.75) is 44.9 Å². The zero-order valence-corrected chi connectivity index (χ0v) is 16.7. The number of hydrogen-bond acceptors (Lipinski definition) is 5. The predicted octanol–water partition coefficient (Wildman–Crippen LogP) is 3.03. The maximum absolute atomic E-state index is 13.2. The second kappa shape index (κ2) is 6.64. The van der Waals surface area contributed by atoms with Crippen LogP contribution in [0.1, 0.15) is 39.7 Å². The molecule has 2 aliphatic heterocycles. The second-order valence-electron chi connectivity index (χ2n) is 6.97. The van der Waals surface area contributed by atoms with Gasteiger partial charge in [0.1, 0.15) is 0 Å². The molecular weight excluding hydrogens is 364 g/mol. The number of amides is 1. The second-order valence-corrected chi connectivity index (χ2v) is 7.82. The molecule has 0 saturated heterocycles. The molecule has 0 saturated carbocycles. The van der Waals surface area contributed by atoms with Gasteiger partial charge in [-0.2, -0.15) is 0 Å².